The number of nitrogens with one attached hydrogen (secondary N) is 2. The smallest absolute Gasteiger partial charge is 0.251 e. The molecule has 1 fully saturated rings. The first-order chi connectivity index (χ1) is 9.13. The Bertz CT molecular complexity index is 495. The van der Waals surface area contributed by atoms with E-state index in [4.69, 9.17) is 9.47 Å². The van der Waals surface area contributed by atoms with Gasteiger partial charge in [0.2, 0.25) is 0 Å². The van der Waals surface area contributed by atoms with Gasteiger partial charge in [0.15, 0.2) is 0 Å². The van der Waals surface area contributed by atoms with Gasteiger partial charge in [-0.3, -0.25) is 4.79 Å². The van der Waals surface area contributed by atoms with Gasteiger partial charge in [0.05, 0.1) is 14.2 Å². The Morgan fingerprint density at radius 1 is 1.16 bits per heavy atom. The molecule has 1 saturated heterocycles. The largest absolute Gasteiger partial charge is 0.497 e. The average Bonchev–Trinajstić information content (AvgIpc) is 2.36. The zero-order valence-electron chi connectivity index (χ0n) is 11.4. The molecule has 1 amide bonds. The van der Waals surface area contributed by atoms with Gasteiger partial charge in [-0.25, -0.2) is 0 Å². The fourth-order valence-corrected chi connectivity index (χ4v) is 1.78. The molecule has 1 aliphatic heterocycles. The number of hydrogen-bond donors (Lipinski definition) is 2. The van der Waals surface area contributed by atoms with E-state index in [0.717, 1.165) is 24.2 Å². The highest BCUT2D eigenvalue weighted by Crippen LogP contribution is 2.26. The maximum absolute atomic E-state index is 12.1. The van der Waals surface area contributed by atoms with Crippen molar-refractivity contribution >= 4 is 11.6 Å². The summed E-state index contributed by atoms with van der Waals surface area (Å²) in [6.07, 6.45) is 0. The average molecular weight is 262 g/mol. The van der Waals surface area contributed by atoms with Gasteiger partial charge in [-0.15, -0.1) is 0 Å². The monoisotopic (exact) mass is 262 g/mol. The normalized spacial score (nSPS) is 13.5. The molecule has 2 rings (SSSR count). The van der Waals surface area contributed by atoms with E-state index in [1.54, 1.807) is 32.4 Å². The molecule has 0 atom stereocenters. The zero-order chi connectivity index (χ0) is 13.8. The number of carbonyl (C=O) groups is 1. The van der Waals surface area contributed by atoms with Crippen LogP contribution in [0.3, 0.4) is 0 Å². The van der Waals surface area contributed by atoms with Crippen LogP contribution in [-0.4, -0.2) is 33.2 Å². The van der Waals surface area contributed by atoms with Crippen LogP contribution in [0.5, 0.6) is 11.5 Å². The summed E-state index contributed by atoms with van der Waals surface area (Å²) in [5.74, 6) is 1.20. The zero-order valence-corrected chi connectivity index (χ0v) is 11.4. The topological polar surface area (TPSA) is 59.6 Å². The van der Waals surface area contributed by atoms with Crippen LogP contribution in [0.4, 0.5) is 5.69 Å². The number of anilines is 1. The van der Waals surface area contributed by atoms with Crippen LogP contribution in [0.1, 0.15) is 6.92 Å². The molecule has 0 saturated carbocycles. The molecule has 1 aliphatic rings. The molecule has 0 unspecified atom stereocenters. The third kappa shape index (κ3) is 3.06. The lowest BCUT2D eigenvalue weighted by Crippen LogP contribution is -2.36. The first-order valence-corrected chi connectivity index (χ1v) is 6.08. The van der Waals surface area contributed by atoms with Gasteiger partial charge in [-0.2, -0.15) is 0 Å². The van der Waals surface area contributed by atoms with Gasteiger partial charge in [0.25, 0.3) is 5.91 Å². The summed E-state index contributed by atoms with van der Waals surface area (Å²) in [4.78, 5) is 12.1. The first kappa shape index (κ1) is 13.4. The number of rotatable bonds is 4. The van der Waals surface area contributed by atoms with E-state index >= 15 is 0 Å². The van der Waals surface area contributed by atoms with Gasteiger partial charge in [0.1, 0.15) is 11.5 Å². The molecular weight excluding hydrogens is 244 g/mol. The third-order valence-electron chi connectivity index (χ3n) is 3.16. The molecule has 102 valence electrons. The van der Waals surface area contributed by atoms with Crippen LogP contribution < -0.4 is 20.1 Å². The summed E-state index contributed by atoms with van der Waals surface area (Å²) in [5, 5.41) is 5.98. The Kier molecular flexibility index (Phi) is 4.06. The Hall–Kier alpha value is -2.01. The van der Waals surface area contributed by atoms with E-state index in [1.807, 2.05) is 6.92 Å². The maximum Gasteiger partial charge on any atom is 0.251 e. The highest BCUT2D eigenvalue weighted by Gasteiger charge is 2.16. The summed E-state index contributed by atoms with van der Waals surface area (Å²) in [6.45, 7) is 3.42. The molecular formula is C14H18N2O3. The van der Waals surface area contributed by atoms with E-state index < -0.39 is 0 Å². The van der Waals surface area contributed by atoms with E-state index in [0.29, 0.717) is 17.2 Å². The first-order valence-electron chi connectivity index (χ1n) is 6.08. The predicted molar refractivity (Wildman–Crippen MR) is 73.7 cm³/mol. The van der Waals surface area contributed by atoms with Gasteiger partial charge in [-0.05, 0) is 12.5 Å². The molecule has 0 aromatic heterocycles. The van der Waals surface area contributed by atoms with Crippen molar-refractivity contribution in [2.75, 3.05) is 32.6 Å². The van der Waals surface area contributed by atoms with Crippen LogP contribution >= 0.6 is 0 Å². The molecule has 1 heterocycles. The number of carbonyl (C=O) groups excluding carboxylic acids is 1. The fourth-order valence-electron chi connectivity index (χ4n) is 1.78. The van der Waals surface area contributed by atoms with Gasteiger partial charge < -0.3 is 20.1 Å². The Morgan fingerprint density at radius 3 is 2.16 bits per heavy atom. The van der Waals surface area contributed by atoms with Gasteiger partial charge in [0, 0.05) is 42.5 Å². The number of ether oxygens (including phenoxy) is 2. The highest BCUT2D eigenvalue weighted by atomic mass is 16.5. The van der Waals surface area contributed by atoms with Crippen molar-refractivity contribution in [1.82, 2.24) is 5.32 Å². The fraction of sp³-hybridized carbons (Fsp3) is 0.357. The molecule has 0 radical (unpaired) electrons. The number of hydrogen-bond acceptors (Lipinski definition) is 4. The van der Waals surface area contributed by atoms with Crippen LogP contribution in [0.2, 0.25) is 0 Å². The molecule has 1 aromatic rings. The summed E-state index contributed by atoms with van der Waals surface area (Å²) in [6, 6.07) is 5.28. The molecule has 19 heavy (non-hydrogen) atoms. The second-order valence-corrected chi connectivity index (χ2v) is 4.39. The van der Waals surface area contributed by atoms with Crippen LogP contribution in [0.15, 0.2) is 29.3 Å². The summed E-state index contributed by atoms with van der Waals surface area (Å²) < 4.78 is 10.3. The molecule has 1 aromatic carbocycles. The van der Waals surface area contributed by atoms with Crippen LogP contribution in [0.25, 0.3) is 0 Å². The van der Waals surface area contributed by atoms with Crippen molar-refractivity contribution in [1.29, 1.82) is 0 Å². The van der Waals surface area contributed by atoms with Crippen molar-refractivity contribution in [2.24, 2.45) is 0 Å². The second-order valence-electron chi connectivity index (χ2n) is 4.39. The number of amides is 1. The Morgan fingerprint density at radius 2 is 1.74 bits per heavy atom. The van der Waals surface area contributed by atoms with Gasteiger partial charge in [-0.1, -0.05) is 0 Å². The van der Waals surface area contributed by atoms with Crippen molar-refractivity contribution in [3.8, 4) is 11.5 Å². The molecule has 5 heteroatoms. The van der Waals surface area contributed by atoms with Crippen molar-refractivity contribution in [2.45, 2.75) is 6.92 Å². The maximum atomic E-state index is 12.1. The van der Waals surface area contributed by atoms with E-state index in [9.17, 15) is 4.79 Å². The van der Waals surface area contributed by atoms with Crippen LogP contribution in [-0.2, 0) is 4.79 Å². The van der Waals surface area contributed by atoms with E-state index in [1.165, 1.54) is 0 Å². The standard InChI is InChI=1S/C14H18N2O3/c1-9(10-7-15-8-10)14(17)16-11-4-12(18-2)6-13(5-11)19-3/h4-6,15H,7-8H2,1-3H3,(H,16,17). The van der Waals surface area contributed by atoms with Crippen molar-refractivity contribution < 1.29 is 14.3 Å². The Labute approximate surface area is 112 Å². The van der Waals surface area contributed by atoms with Gasteiger partial charge >= 0.3 is 0 Å². The molecule has 0 bridgehead atoms. The SMILES string of the molecule is COc1cc(NC(=O)C(C)=C2CNC2)cc(OC)c1. The van der Waals surface area contributed by atoms with Crippen molar-refractivity contribution in [3.05, 3.63) is 29.3 Å². The third-order valence-corrected chi connectivity index (χ3v) is 3.16. The number of methoxy groups -OCH3 is 2. The summed E-state index contributed by atoms with van der Waals surface area (Å²) >= 11 is 0. The molecule has 0 spiro atoms. The summed E-state index contributed by atoms with van der Waals surface area (Å²) in [7, 11) is 3.15. The minimum absolute atomic E-state index is 0.0909. The van der Waals surface area contributed by atoms with Crippen LogP contribution in [0, 0.1) is 0 Å². The van der Waals surface area contributed by atoms with Crippen molar-refractivity contribution in [3.63, 3.8) is 0 Å². The predicted octanol–water partition coefficient (Wildman–Crippen LogP) is 1.56. The number of benzene rings is 1. The minimum atomic E-state index is -0.0909. The lowest BCUT2D eigenvalue weighted by molar-refractivity contribution is -0.112. The van der Waals surface area contributed by atoms with E-state index in [2.05, 4.69) is 10.6 Å². The second kappa shape index (κ2) is 5.75. The quantitative estimate of drug-likeness (QED) is 0.808. The highest BCUT2D eigenvalue weighted by molar-refractivity contribution is 6.04. The Balaban J connectivity index is 2.16. The molecule has 5 nitrogen and oxygen atoms in total. The lowest BCUT2D eigenvalue weighted by atomic mass is 10.0. The molecule has 2 N–H and O–H groups in total. The van der Waals surface area contributed by atoms with E-state index in [-0.39, 0.29) is 5.91 Å². The molecule has 0 aliphatic carbocycles. The lowest BCUT2D eigenvalue weighted by Gasteiger charge is -2.21. The minimum Gasteiger partial charge on any atom is -0.497 e. The summed E-state index contributed by atoms with van der Waals surface area (Å²) in [5.41, 5.74) is 2.57.